The van der Waals surface area contributed by atoms with Crippen molar-refractivity contribution in [2.24, 2.45) is 17.4 Å². The highest BCUT2D eigenvalue weighted by Crippen LogP contribution is 2.09. The van der Waals surface area contributed by atoms with Gasteiger partial charge in [-0.05, 0) is 44.1 Å². The largest absolute Gasteiger partial charge is 0.480 e. The zero-order chi connectivity index (χ0) is 43.9. The molecule has 9 amide bonds. The van der Waals surface area contributed by atoms with E-state index in [0.29, 0.717) is 5.56 Å². The van der Waals surface area contributed by atoms with Crippen LogP contribution in [0.5, 0.6) is 0 Å². The van der Waals surface area contributed by atoms with Gasteiger partial charge in [0, 0.05) is 32.6 Å². The highest BCUT2D eigenvalue weighted by atomic mass is 16.4. The van der Waals surface area contributed by atoms with Gasteiger partial charge in [0.2, 0.25) is 53.2 Å². The number of carboxylic acid groups (broad SMARTS) is 1. The Bertz CT molecular complexity index is 1650. The Morgan fingerprint density at radius 3 is 1.59 bits per heavy atom. The lowest BCUT2D eigenvalue weighted by atomic mass is 10.0. The van der Waals surface area contributed by atoms with Crippen LogP contribution in [0.2, 0.25) is 0 Å². The van der Waals surface area contributed by atoms with Crippen LogP contribution in [0.15, 0.2) is 30.3 Å². The summed E-state index contributed by atoms with van der Waals surface area (Å²) >= 11 is 0. The van der Waals surface area contributed by atoms with Crippen molar-refractivity contribution in [2.75, 3.05) is 13.1 Å². The lowest BCUT2D eigenvalue weighted by Crippen LogP contribution is -2.56. The quantitative estimate of drug-likeness (QED) is 0.0423. The van der Waals surface area contributed by atoms with Crippen molar-refractivity contribution < 1.29 is 57.8 Å². The normalized spacial score (nSPS) is 13.3. The van der Waals surface area contributed by atoms with Gasteiger partial charge in [-0.2, -0.15) is 0 Å². The summed E-state index contributed by atoms with van der Waals surface area (Å²) in [5.41, 5.74) is 11.1. The summed E-state index contributed by atoms with van der Waals surface area (Å²) in [5, 5.41) is 26.5. The van der Waals surface area contributed by atoms with E-state index in [0.717, 1.165) is 0 Å². The molecule has 320 valence electrons. The summed E-state index contributed by atoms with van der Waals surface area (Å²) in [7, 11) is 0. The SMILES string of the molecule is CC(=O)NCC(=O)NC(Cc1ccccc1)C(=O)NC(CC(C)C)C(=O)NCC(=O)NC(CCC(=O)NC(CCC(=O)NC(CCC(N)=O)C(C)=O)C(N)=O)C(=O)O. The number of amides is 9. The predicted octanol–water partition coefficient (Wildman–Crippen LogP) is -3.06. The van der Waals surface area contributed by atoms with E-state index < -0.39 is 115 Å². The third-order valence-electron chi connectivity index (χ3n) is 8.33. The molecule has 0 aliphatic heterocycles. The molecule has 0 spiro atoms. The van der Waals surface area contributed by atoms with Crippen LogP contribution < -0.4 is 48.7 Å². The molecule has 0 radical (unpaired) electrons. The Morgan fingerprint density at radius 1 is 0.586 bits per heavy atom. The van der Waals surface area contributed by atoms with Gasteiger partial charge >= 0.3 is 5.97 Å². The molecular formula is C37H55N9O12. The fraction of sp³-hybridized carbons (Fsp3) is 0.541. The van der Waals surface area contributed by atoms with Gasteiger partial charge in [-0.25, -0.2) is 4.79 Å². The number of ketones is 1. The molecule has 1 aromatic rings. The Kier molecular flexibility index (Phi) is 22.0. The highest BCUT2D eigenvalue weighted by molar-refractivity contribution is 5.95. The third-order valence-corrected chi connectivity index (χ3v) is 8.33. The number of aliphatic carboxylic acids is 1. The van der Waals surface area contributed by atoms with Gasteiger partial charge in [-0.3, -0.25) is 47.9 Å². The van der Waals surface area contributed by atoms with Crippen molar-refractivity contribution in [1.29, 1.82) is 0 Å². The third kappa shape index (κ3) is 21.0. The van der Waals surface area contributed by atoms with Crippen LogP contribution in [0.4, 0.5) is 0 Å². The molecule has 0 heterocycles. The first-order chi connectivity index (χ1) is 27.2. The molecule has 21 nitrogen and oxygen atoms in total. The molecule has 0 aromatic heterocycles. The van der Waals surface area contributed by atoms with Crippen LogP contribution in [-0.2, 0) is 59.2 Å². The van der Waals surface area contributed by atoms with Crippen molar-refractivity contribution >= 4 is 64.9 Å². The van der Waals surface area contributed by atoms with E-state index in [-0.39, 0.29) is 51.0 Å². The molecule has 0 saturated heterocycles. The first-order valence-electron chi connectivity index (χ1n) is 18.5. The number of carbonyl (C=O) groups excluding carboxylic acids is 10. The number of rotatable bonds is 27. The summed E-state index contributed by atoms with van der Waals surface area (Å²) in [6.45, 7) is 4.91. The second-order valence-electron chi connectivity index (χ2n) is 13.9. The van der Waals surface area contributed by atoms with Gasteiger partial charge in [0.25, 0.3) is 0 Å². The Labute approximate surface area is 335 Å². The minimum absolute atomic E-state index is 0.0291. The van der Waals surface area contributed by atoms with E-state index in [9.17, 15) is 57.8 Å². The molecule has 5 unspecified atom stereocenters. The van der Waals surface area contributed by atoms with Gasteiger partial charge in [-0.15, -0.1) is 0 Å². The zero-order valence-corrected chi connectivity index (χ0v) is 33.0. The van der Waals surface area contributed by atoms with Gasteiger partial charge < -0.3 is 53.8 Å². The average Bonchev–Trinajstić information content (AvgIpc) is 3.13. The molecule has 0 aliphatic rings. The monoisotopic (exact) mass is 817 g/mol. The number of nitrogens with one attached hydrogen (secondary N) is 7. The summed E-state index contributed by atoms with van der Waals surface area (Å²) in [5.74, 6) is -8.76. The predicted molar refractivity (Wildman–Crippen MR) is 205 cm³/mol. The zero-order valence-electron chi connectivity index (χ0n) is 33.0. The minimum atomic E-state index is -1.61. The van der Waals surface area contributed by atoms with Gasteiger partial charge in [0.15, 0.2) is 5.78 Å². The van der Waals surface area contributed by atoms with Gasteiger partial charge in [-0.1, -0.05) is 44.2 Å². The summed E-state index contributed by atoms with van der Waals surface area (Å²) < 4.78 is 0. The van der Waals surface area contributed by atoms with E-state index in [1.54, 1.807) is 44.2 Å². The second-order valence-corrected chi connectivity index (χ2v) is 13.9. The van der Waals surface area contributed by atoms with E-state index >= 15 is 0 Å². The van der Waals surface area contributed by atoms with Crippen LogP contribution in [0, 0.1) is 5.92 Å². The number of carboxylic acids is 1. The van der Waals surface area contributed by atoms with Crippen molar-refractivity contribution in [3.05, 3.63) is 35.9 Å². The van der Waals surface area contributed by atoms with Gasteiger partial charge in [0.1, 0.15) is 24.2 Å². The van der Waals surface area contributed by atoms with E-state index in [2.05, 4.69) is 37.2 Å². The van der Waals surface area contributed by atoms with E-state index in [1.165, 1.54) is 13.8 Å². The van der Waals surface area contributed by atoms with Crippen LogP contribution >= 0.6 is 0 Å². The number of benzene rings is 1. The molecule has 1 aromatic carbocycles. The summed E-state index contributed by atoms with van der Waals surface area (Å²) in [6.07, 6.45) is -1.59. The van der Waals surface area contributed by atoms with E-state index in [1.807, 2.05) is 0 Å². The van der Waals surface area contributed by atoms with Crippen LogP contribution in [0.25, 0.3) is 0 Å². The molecule has 0 fully saturated rings. The lowest BCUT2D eigenvalue weighted by Gasteiger charge is -2.24. The Hall–Kier alpha value is -6.41. The van der Waals surface area contributed by atoms with Gasteiger partial charge in [0.05, 0.1) is 19.1 Å². The summed E-state index contributed by atoms with van der Waals surface area (Å²) in [4.78, 5) is 135. The number of primary amides is 2. The molecule has 12 N–H and O–H groups in total. The topological polar surface area (TPSA) is 344 Å². The lowest BCUT2D eigenvalue weighted by molar-refractivity contribution is -0.142. The average molecular weight is 818 g/mol. The first-order valence-corrected chi connectivity index (χ1v) is 18.5. The molecule has 1 rings (SSSR count). The fourth-order valence-corrected chi connectivity index (χ4v) is 5.31. The second kappa shape index (κ2) is 25.7. The summed E-state index contributed by atoms with van der Waals surface area (Å²) in [6, 6.07) is 2.46. The molecule has 0 bridgehead atoms. The van der Waals surface area contributed by atoms with Crippen molar-refractivity contribution in [3.8, 4) is 0 Å². The Morgan fingerprint density at radius 2 is 1.09 bits per heavy atom. The molecule has 0 saturated carbocycles. The van der Waals surface area contributed by atoms with Crippen molar-refractivity contribution in [1.82, 2.24) is 37.2 Å². The molecule has 21 heteroatoms. The highest BCUT2D eigenvalue weighted by Gasteiger charge is 2.29. The number of carbonyl (C=O) groups is 11. The smallest absolute Gasteiger partial charge is 0.326 e. The van der Waals surface area contributed by atoms with Crippen molar-refractivity contribution in [3.63, 3.8) is 0 Å². The maximum atomic E-state index is 13.4. The standard InChI is InChI=1S/C37H55N9O12/c1-20(2)16-27(46-36(56)28(17-23-8-6-5-7-9-23)45-32(52)18-40-22(4)48)35(55)41-19-33(53)44-26(37(57)58)12-15-31(51)43-25(34(39)54)11-14-30(50)42-24(21(3)47)10-13-29(38)49/h5-9,20,24-28H,10-19H2,1-4H3,(H2,38,49)(H2,39,54)(H,40,48)(H,41,55)(H,42,50)(H,43,51)(H,44,53)(H,45,52)(H,46,56)(H,57,58). The maximum Gasteiger partial charge on any atom is 0.326 e. The van der Waals surface area contributed by atoms with Crippen LogP contribution in [0.3, 0.4) is 0 Å². The minimum Gasteiger partial charge on any atom is -0.480 e. The molecular weight excluding hydrogens is 762 g/mol. The molecule has 5 atom stereocenters. The Balaban J connectivity index is 2.82. The number of hydrogen-bond acceptors (Lipinski definition) is 11. The van der Waals surface area contributed by atoms with Crippen LogP contribution in [0.1, 0.15) is 78.2 Å². The van der Waals surface area contributed by atoms with Crippen LogP contribution in [-0.4, -0.2) is 113 Å². The molecule has 0 aliphatic carbocycles. The number of hydrogen-bond donors (Lipinski definition) is 10. The first kappa shape index (κ1) is 49.6. The number of Topliss-reactive ketones (excluding diaryl/α,β-unsaturated/α-hetero) is 1. The maximum absolute atomic E-state index is 13.4. The number of nitrogens with two attached hydrogens (primary N) is 2. The van der Waals surface area contributed by atoms with E-state index in [4.69, 9.17) is 11.5 Å². The molecule has 58 heavy (non-hydrogen) atoms. The van der Waals surface area contributed by atoms with Crippen molar-refractivity contribution in [2.45, 2.75) is 109 Å². The fourth-order valence-electron chi connectivity index (χ4n) is 5.31.